The van der Waals surface area contributed by atoms with E-state index in [1.165, 1.54) is 5.56 Å². The van der Waals surface area contributed by atoms with Crippen LogP contribution in [-0.2, 0) is 13.0 Å². The smallest absolute Gasteiger partial charge is 0.128 e. The Hall–Kier alpha value is -1.16. The highest BCUT2D eigenvalue weighted by Crippen LogP contribution is 2.05. The van der Waals surface area contributed by atoms with Crippen LogP contribution in [0.4, 0.5) is 0 Å². The van der Waals surface area contributed by atoms with Crippen LogP contribution < -0.4 is 0 Å². The summed E-state index contributed by atoms with van der Waals surface area (Å²) in [6.45, 7) is 0.886. The summed E-state index contributed by atoms with van der Waals surface area (Å²) in [5.74, 6) is 0. The quantitative estimate of drug-likeness (QED) is 0.839. The van der Waals surface area contributed by atoms with Gasteiger partial charge in [0.2, 0.25) is 0 Å². The largest absolute Gasteiger partial charge is 0.271 e. The lowest BCUT2D eigenvalue weighted by Gasteiger charge is -2.00. The van der Waals surface area contributed by atoms with E-state index >= 15 is 0 Å². The van der Waals surface area contributed by atoms with Gasteiger partial charge < -0.3 is 0 Å². The van der Waals surface area contributed by atoms with Gasteiger partial charge in [0, 0.05) is 25.1 Å². The first-order valence-electron chi connectivity index (χ1n) is 4.42. The van der Waals surface area contributed by atoms with Crippen LogP contribution in [0.15, 0.2) is 41.4 Å². The van der Waals surface area contributed by atoms with E-state index in [2.05, 4.69) is 32.1 Å². The standard InChI is InChI=1S/C10H10BrN3/c11-10-4-7-14(13-10)6-3-9-2-1-5-12-8-9/h1-2,4-5,7-8H,3,6H2. The maximum atomic E-state index is 4.24. The van der Waals surface area contributed by atoms with Crippen LogP contribution in [0.2, 0.25) is 0 Å². The molecule has 2 heterocycles. The molecule has 0 saturated carbocycles. The number of rotatable bonds is 3. The Labute approximate surface area is 90.9 Å². The van der Waals surface area contributed by atoms with E-state index < -0.39 is 0 Å². The van der Waals surface area contributed by atoms with Crippen molar-refractivity contribution in [3.05, 3.63) is 47.0 Å². The molecule has 0 unspecified atom stereocenters. The van der Waals surface area contributed by atoms with E-state index in [0.29, 0.717) is 0 Å². The lowest BCUT2D eigenvalue weighted by molar-refractivity contribution is 0.610. The number of pyridine rings is 1. The highest BCUT2D eigenvalue weighted by atomic mass is 79.9. The Morgan fingerprint density at radius 2 is 2.29 bits per heavy atom. The molecule has 0 aliphatic rings. The summed E-state index contributed by atoms with van der Waals surface area (Å²) in [6.07, 6.45) is 6.59. The molecule has 0 bridgehead atoms. The van der Waals surface area contributed by atoms with Crippen LogP contribution >= 0.6 is 15.9 Å². The minimum absolute atomic E-state index is 0.878. The van der Waals surface area contributed by atoms with Crippen LogP contribution in [-0.4, -0.2) is 14.8 Å². The molecule has 2 rings (SSSR count). The number of nitrogens with zero attached hydrogens (tertiary/aromatic N) is 3. The van der Waals surface area contributed by atoms with Crippen molar-refractivity contribution in [1.82, 2.24) is 14.8 Å². The van der Waals surface area contributed by atoms with Crippen LogP contribution in [0.3, 0.4) is 0 Å². The highest BCUT2D eigenvalue weighted by molar-refractivity contribution is 9.10. The number of halogens is 1. The van der Waals surface area contributed by atoms with Crippen molar-refractivity contribution in [1.29, 1.82) is 0 Å². The second-order valence-electron chi connectivity index (χ2n) is 3.01. The fourth-order valence-electron chi connectivity index (χ4n) is 1.25. The fourth-order valence-corrected chi connectivity index (χ4v) is 1.57. The molecule has 0 N–H and O–H groups in total. The van der Waals surface area contributed by atoms with Crippen molar-refractivity contribution in [2.75, 3.05) is 0 Å². The molecular formula is C10H10BrN3. The third-order valence-electron chi connectivity index (χ3n) is 1.96. The molecule has 4 heteroatoms. The Balaban J connectivity index is 1.95. The van der Waals surface area contributed by atoms with Gasteiger partial charge >= 0.3 is 0 Å². The molecule has 0 amide bonds. The topological polar surface area (TPSA) is 30.7 Å². The molecule has 14 heavy (non-hydrogen) atoms. The summed E-state index contributed by atoms with van der Waals surface area (Å²) < 4.78 is 2.79. The van der Waals surface area contributed by atoms with Crippen molar-refractivity contribution in [2.24, 2.45) is 0 Å². The van der Waals surface area contributed by atoms with Crippen LogP contribution in [0, 0.1) is 0 Å². The molecule has 0 radical (unpaired) electrons. The van der Waals surface area contributed by atoms with Crippen LogP contribution in [0.1, 0.15) is 5.56 Å². The lowest BCUT2D eigenvalue weighted by atomic mass is 10.2. The number of aromatic nitrogens is 3. The summed E-state index contributed by atoms with van der Waals surface area (Å²) in [4.78, 5) is 4.06. The summed E-state index contributed by atoms with van der Waals surface area (Å²) in [5.41, 5.74) is 1.24. The maximum absolute atomic E-state index is 4.24. The predicted molar refractivity (Wildman–Crippen MR) is 57.9 cm³/mol. The zero-order valence-corrected chi connectivity index (χ0v) is 9.18. The molecular weight excluding hydrogens is 242 g/mol. The summed E-state index contributed by atoms with van der Waals surface area (Å²) in [5, 5.41) is 4.24. The van der Waals surface area contributed by atoms with Gasteiger partial charge in [0.1, 0.15) is 4.60 Å². The van der Waals surface area contributed by atoms with Gasteiger partial charge in [0.15, 0.2) is 0 Å². The van der Waals surface area contributed by atoms with Crippen molar-refractivity contribution in [3.8, 4) is 0 Å². The van der Waals surface area contributed by atoms with E-state index in [0.717, 1.165) is 17.6 Å². The van der Waals surface area contributed by atoms with Gasteiger partial charge in [-0.25, -0.2) is 0 Å². The fraction of sp³-hybridized carbons (Fsp3) is 0.200. The van der Waals surface area contributed by atoms with E-state index in [1.807, 2.05) is 29.2 Å². The molecule has 2 aromatic rings. The molecule has 0 saturated heterocycles. The first-order chi connectivity index (χ1) is 6.84. The first kappa shape index (κ1) is 9.40. The van der Waals surface area contributed by atoms with E-state index in [-0.39, 0.29) is 0 Å². The zero-order chi connectivity index (χ0) is 9.80. The summed E-state index contributed by atoms with van der Waals surface area (Å²) in [7, 11) is 0. The van der Waals surface area contributed by atoms with Crippen LogP contribution in [0.5, 0.6) is 0 Å². The second-order valence-corrected chi connectivity index (χ2v) is 3.83. The molecule has 0 aliphatic heterocycles. The van der Waals surface area contributed by atoms with Crippen molar-refractivity contribution >= 4 is 15.9 Å². The third kappa shape index (κ3) is 2.42. The Bertz CT molecular complexity index is 397. The average molecular weight is 252 g/mol. The molecule has 0 fully saturated rings. The van der Waals surface area contributed by atoms with Gasteiger partial charge in [-0.15, -0.1) is 0 Å². The van der Waals surface area contributed by atoms with Gasteiger partial charge in [0.25, 0.3) is 0 Å². The average Bonchev–Trinajstić information content (AvgIpc) is 2.63. The monoisotopic (exact) mass is 251 g/mol. The van der Waals surface area contributed by atoms with Gasteiger partial charge in [-0.3, -0.25) is 9.67 Å². The van der Waals surface area contributed by atoms with E-state index in [1.54, 1.807) is 6.20 Å². The molecule has 2 aromatic heterocycles. The van der Waals surface area contributed by atoms with Crippen molar-refractivity contribution in [2.45, 2.75) is 13.0 Å². The van der Waals surface area contributed by atoms with Crippen molar-refractivity contribution in [3.63, 3.8) is 0 Å². The van der Waals surface area contributed by atoms with E-state index in [4.69, 9.17) is 0 Å². The zero-order valence-electron chi connectivity index (χ0n) is 7.60. The van der Waals surface area contributed by atoms with Gasteiger partial charge in [-0.05, 0) is 40.0 Å². The lowest BCUT2D eigenvalue weighted by Crippen LogP contribution is -2.01. The highest BCUT2D eigenvalue weighted by Gasteiger charge is 1.96. The maximum Gasteiger partial charge on any atom is 0.128 e. The minimum Gasteiger partial charge on any atom is -0.271 e. The van der Waals surface area contributed by atoms with Gasteiger partial charge in [-0.2, -0.15) is 5.10 Å². The summed E-state index contributed by atoms with van der Waals surface area (Å²) >= 11 is 3.31. The Kier molecular flexibility index (Phi) is 2.93. The normalized spacial score (nSPS) is 10.4. The van der Waals surface area contributed by atoms with Gasteiger partial charge in [-0.1, -0.05) is 6.07 Å². The minimum atomic E-state index is 0.878. The molecule has 0 aromatic carbocycles. The molecule has 72 valence electrons. The Morgan fingerprint density at radius 3 is 2.93 bits per heavy atom. The third-order valence-corrected chi connectivity index (χ3v) is 2.38. The van der Waals surface area contributed by atoms with Crippen molar-refractivity contribution < 1.29 is 0 Å². The number of aryl methyl sites for hydroxylation is 2. The predicted octanol–water partition coefficient (Wildman–Crippen LogP) is 2.28. The van der Waals surface area contributed by atoms with E-state index in [9.17, 15) is 0 Å². The Morgan fingerprint density at radius 1 is 1.36 bits per heavy atom. The summed E-state index contributed by atoms with van der Waals surface area (Å²) in [6, 6.07) is 5.96. The van der Waals surface area contributed by atoms with Gasteiger partial charge in [0.05, 0.1) is 0 Å². The SMILES string of the molecule is Brc1ccn(CCc2cccnc2)n1. The first-order valence-corrected chi connectivity index (χ1v) is 5.22. The second kappa shape index (κ2) is 4.37. The molecule has 0 aliphatic carbocycles. The van der Waals surface area contributed by atoms with Crippen LogP contribution in [0.25, 0.3) is 0 Å². The molecule has 0 spiro atoms. The number of hydrogen-bond donors (Lipinski definition) is 0. The molecule has 0 atom stereocenters. The molecule has 3 nitrogen and oxygen atoms in total. The number of hydrogen-bond acceptors (Lipinski definition) is 2.